The molecule has 4 heteroatoms. The van der Waals surface area contributed by atoms with Crippen LogP contribution in [0.25, 0.3) is 0 Å². The van der Waals surface area contributed by atoms with Crippen molar-refractivity contribution in [3.05, 3.63) is 22.4 Å². The molecule has 102 valence electrons. The summed E-state index contributed by atoms with van der Waals surface area (Å²) in [6.45, 7) is 12.7. The van der Waals surface area contributed by atoms with E-state index in [9.17, 15) is 0 Å². The van der Waals surface area contributed by atoms with Crippen LogP contribution in [0.3, 0.4) is 0 Å². The lowest BCUT2D eigenvalue weighted by atomic mass is 10.2. The molecule has 1 saturated heterocycles. The second kappa shape index (κ2) is 7.24. The summed E-state index contributed by atoms with van der Waals surface area (Å²) in [5, 5.41) is 5.67. The molecule has 0 spiro atoms. The summed E-state index contributed by atoms with van der Waals surface area (Å²) < 4.78 is 0. The summed E-state index contributed by atoms with van der Waals surface area (Å²) >= 11 is 1.83. The second-order valence-corrected chi connectivity index (χ2v) is 6.07. The predicted molar refractivity (Wildman–Crippen MR) is 79.2 cm³/mol. The largest absolute Gasteiger partial charge is 0.311 e. The number of rotatable bonds is 6. The second-order valence-electron chi connectivity index (χ2n) is 5.03. The number of nitrogens with zero attached hydrogens (tertiary/aromatic N) is 2. The van der Waals surface area contributed by atoms with Crippen LogP contribution in [0.5, 0.6) is 0 Å². The summed E-state index contributed by atoms with van der Waals surface area (Å²) in [6.07, 6.45) is 0. The van der Waals surface area contributed by atoms with Crippen molar-refractivity contribution < 1.29 is 0 Å². The predicted octanol–water partition coefficient (Wildman–Crippen LogP) is 1.86. The topological polar surface area (TPSA) is 18.5 Å². The molecule has 1 N–H and O–H groups in total. The first-order valence-electron chi connectivity index (χ1n) is 6.99. The molecule has 1 aliphatic rings. The molecule has 0 aromatic carbocycles. The van der Waals surface area contributed by atoms with Gasteiger partial charge in [-0.3, -0.25) is 9.80 Å². The van der Waals surface area contributed by atoms with E-state index in [1.165, 1.54) is 37.6 Å². The Balaban J connectivity index is 1.60. The Morgan fingerprint density at radius 2 is 2.33 bits per heavy atom. The molecule has 1 aliphatic heterocycles. The molecular weight excluding hydrogens is 242 g/mol. The highest BCUT2D eigenvalue weighted by Gasteiger charge is 2.21. The summed E-state index contributed by atoms with van der Waals surface area (Å²) in [6, 6.07) is 5.02. The van der Waals surface area contributed by atoms with Crippen molar-refractivity contribution in [3.8, 4) is 0 Å². The number of nitrogens with one attached hydrogen (secondary N) is 1. The van der Waals surface area contributed by atoms with Crippen LogP contribution < -0.4 is 5.32 Å². The maximum atomic E-state index is 3.53. The third-order valence-corrected chi connectivity index (χ3v) is 4.62. The number of likely N-dealkylation sites (N-methyl/N-ethyl adjacent to an activating group) is 1. The van der Waals surface area contributed by atoms with Crippen LogP contribution in [0, 0.1) is 0 Å². The van der Waals surface area contributed by atoms with Crippen molar-refractivity contribution in [2.45, 2.75) is 26.4 Å². The Labute approximate surface area is 115 Å². The number of thiophene rings is 1. The zero-order valence-electron chi connectivity index (χ0n) is 11.6. The van der Waals surface area contributed by atoms with Gasteiger partial charge in [0.15, 0.2) is 0 Å². The van der Waals surface area contributed by atoms with Gasteiger partial charge in [-0.2, -0.15) is 0 Å². The fourth-order valence-electron chi connectivity index (χ4n) is 2.61. The van der Waals surface area contributed by atoms with E-state index in [1.54, 1.807) is 0 Å². The molecule has 0 bridgehead atoms. The minimum absolute atomic E-state index is 0.709. The maximum absolute atomic E-state index is 3.53. The van der Waals surface area contributed by atoms with Crippen molar-refractivity contribution in [1.82, 2.24) is 15.1 Å². The first-order valence-corrected chi connectivity index (χ1v) is 7.87. The number of hydrogen-bond acceptors (Lipinski definition) is 4. The van der Waals surface area contributed by atoms with Crippen LogP contribution in [0.15, 0.2) is 17.5 Å². The minimum Gasteiger partial charge on any atom is -0.311 e. The smallest absolute Gasteiger partial charge is 0.0300 e. The third-order valence-electron chi connectivity index (χ3n) is 3.74. The van der Waals surface area contributed by atoms with Crippen LogP contribution in [-0.4, -0.2) is 55.1 Å². The molecule has 1 fully saturated rings. The Morgan fingerprint density at radius 3 is 3.00 bits per heavy atom. The summed E-state index contributed by atoms with van der Waals surface area (Å²) in [5.74, 6) is 0. The van der Waals surface area contributed by atoms with Crippen LogP contribution >= 0.6 is 11.3 Å². The van der Waals surface area contributed by atoms with Crippen molar-refractivity contribution in [3.63, 3.8) is 0 Å². The molecule has 1 aromatic heterocycles. The van der Waals surface area contributed by atoms with Crippen LogP contribution in [0.2, 0.25) is 0 Å². The highest BCUT2D eigenvalue weighted by atomic mass is 32.1. The molecule has 0 saturated carbocycles. The van der Waals surface area contributed by atoms with Gasteiger partial charge in [-0.1, -0.05) is 13.0 Å². The van der Waals surface area contributed by atoms with Gasteiger partial charge in [0.25, 0.3) is 0 Å². The average molecular weight is 267 g/mol. The van der Waals surface area contributed by atoms with Gasteiger partial charge in [0.1, 0.15) is 0 Å². The molecule has 1 aromatic rings. The zero-order chi connectivity index (χ0) is 12.8. The van der Waals surface area contributed by atoms with E-state index in [2.05, 4.69) is 46.5 Å². The summed E-state index contributed by atoms with van der Waals surface area (Å²) in [7, 11) is 0. The van der Waals surface area contributed by atoms with Gasteiger partial charge in [-0.15, -0.1) is 11.3 Å². The number of hydrogen-bond donors (Lipinski definition) is 1. The van der Waals surface area contributed by atoms with Crippen molar-refractivity contribution >= 4 is 11.3 Å². The lowest BCUT2D eigenvalue weighted by molar-refractivity contribution is 0.0887. The standard InChI is InChI=1S/C14H25N3S/c1-3-17-9-8-16(12-13(17)2)7-6-15-11-14-5-4-10-18-14/h4-5,10,13,15H,3,6-9,11-12H2,1-2H3. The Hall–Kier alpha value is -0.420. The van der Waals surface area contributed by atoms with Crippen molar-refractivity contribution in [2.24, 2.45) is 0 Å². The first-order chi connectivity index (χ1) is 8.79. The molecule has 18 heavy (non-hydrogen) atoms. The molecule has 2 heterocycles. The molecule has 2 rings (SSSR count). The molecule has 1 unspecified atom stereocenters. The highest BCUT2D eigenvalue weighted by Crippen LogP contribution is 2.09. The minimum atomic E-state index is 0.709. The average Bonchev–Trinajstić information content (AvgIpc) is 2.88. The van der Waals surface area contributed by atoms with Gasteiger partial charge in [0.2, 0.25) is 0 Å². The van der Waals surface area contributed by atoms with Gasteiger partial charge in [-0.05, 0) is 24.9 Å². The third kappa shape index (κ3) is 4.05. The van der Waals surface area contributed by atoms with E-state index in [4.69, 9.17) is 0 Å². The van der Waals surface area contributed by atoms with Gasteiger partial charge in [-0.25, -0.2) is 0 Å². The van der Waals surface area contributed by atoms with E-state index in [0.717, 1.165) is 13.1 Å². The molecule has 0 amide bonds. The molecule has 1 atom stereocenters. The van der Waals surface area contributed by atoms with E-state index < -0.39 is 0 Å². The van der Waals surface area contributed by atoms with Gasteiger partial charge < -0.3 is 5.32 Å². The van der Waals surface area contributed by atoms with Crippen molar-refractivity contribution in [2.75, 3.05) is 39.3 Å². The molecule has 3 nitrogen and oxygen atoms in total. The molecular formula is C14H25N3S. The van der Waals surface area contributed by atoms with E-state index in [1.807, 2.05) is 11.3 Å². The maximum Gasteiger partial charge on any atom is 0.0300 e. The quantitative estimate of drug-likeness (QED) is 0.794. The van der Waals surface area contributed by atoms with Gasteiger partial charge in [0.05, 0.1) is 0 Å². The highest BCUT2D eigenvalue weighted by molar-refractivity contribution is 7.09. The molecule has 0 radical (unpaired) electrons. The summed E-state index contributed by atoms with van der Waals surface area (Å²) in [5.41, 5.74) is 0. The normalized spacial score (nSPS) is 22.4. The van der Waals surface area contributed by atoms with Gasteiger partial charge in [0, 0.05) is 50.2 Å². The SMILES string of the molecule is CCN1CCN(CCNCc2cccs2)CC1C. The van der Waals surface area contributed by atoms with E-state index in [0.29, 0.717) is 6.04 Å². The lowest BCUT2D eigenvalue weighted by Gasteiger charge is -2.39. The molecule has 0 aliphatic carbocycles. The summed E-state index contributed by atoms with van der Waals surface area (Å²) in [4.78, 5) is 6.58. The monoisotopic (exact) mass is 267 g/mol. The fraction of sp³-hybridized carbons (Fsp3) is 0.714. The van der Waals surface area contributed by atoms with Crippen LogP contribution in [0.1, 0.15) is 18.7 Å². The number of piperazine rings is 1. The first kappa shape index (κ1) is 14.0. The van der Waals surface area contributed by atoms with Gasteiger partial charge >= 0.3 is 0 Å². The fourth-order valence-corrected chi connectivity index (χ4v) is 3.28. The zero-order valence-corrected chi connectivity index (χ0v) is 12.4. The Bertz CT molecular complexity index is 326. The van der Waals surface area contributed by atoms with Crippen LogP contribution in [0.4, 0.5) is 0 Å². The Kier molecular flexibility index (Phi) is 5.63. The van der Waals surface area contributed by atoms with E-state index in [-0.39, 0.29) is 0 Å². The van der Waals surface area contributed by atoms with Crippen molar-refractivity contribution in [1.29, 1.82) is 0 Å². The lowest BCUT2D eigenvalue weighted by Crippen LogP contribution is -2.52. The van der Waals surface area contributed by atoms with E-state index >= 15 is 0 Å². The van der Waals surface area contributed by atoms with Crippen LogP contribution in [-0.2, 0) is 6.54 Å². The Morgan fingerprint density at radius 1 is 1.44 bits per heavy atom.